The molecule has 12 heteroatoms. The summed E-state index contributed by atoms with van der Waals surface area (Å²) in [6.45, 7) is 6.94. The van der Waals surface area contributed by atoms with Crippen LogP contribution >= 0.6 is 0 Å². The molecule has 0 saturated heterocycles. The molecule has 0 radical (unpaired) electrons. The zero-order valence-electron chi connectivity index (χ0n) is 22.2. The van der Waals surface area contributed by atoms with Crippen LogP contribution in [0.3, 0.4) is 0 Å². The van der Waals surface area contributed by atoms with Crippen LogP contribution in [0.2, 0.25) is 0 Å². The molecule has 0 unspecified atom stereocenters. The molecular formula is C26H31N7O5. The van der Waals surface area contributed by atoms with Gasteiger partial charge in [-0.25, -0.2) is 14.8 Å². The number of nitrogens with zero attached hydrogens (tertiary/aromatic N) is 5. The molecule has 200 valence electrons. The first-order chi connectivity index (χ1) is 18.0. The highest BCUT2D eigenvalue weighted by molar-refractivity contribution is 6.01. The first-order valence-electron chi connectivity index (χ1n) is 12.0. The Morgan fingerprint density at radius 3 is 2.74 bits per heavy atom. The molecule has 0 spiro atoms. The van der Waals surface area contributed by atoms with Crippen LogP contribution in [0.1, 0.15) is 50.9 Å². The first kappa shape index (κ1) is 26.7. The standard InChI is InChI=1S/C26H31N7O5/c1-7-11-26(36)12-10-18(26)30-22(34)16-15-28-33-20(32(5)24(35)38-25(2,3)4)14-19(31-21(16)33)29-17-9-8-13-27-23(17)37-6/h8-9,13-15,18,36H,10,12H2,1-6H3,(H,29,31)(H,30,34)/t18-,26+/m0/s1. The minimum absolute atomic E-state index is 0.157. The number of hydrogen-bond donors (Lipinski definition) is 3. The molecule has 2 atom stereocenters. The molecule has 0 aliphatic heterocycles. The Morgan fingerprint density at radius 2 is 2.11 bits per heavy atom. The molecule has 1 fully saturated rings. The van der Waals surface area contributed by atoms with E-state index in [-0.39, 0.29) is 11.2 Å². The Labute approximate surface area is 220 Å². The smallest absolute Gasteiger partial charge is 0.415 e. The van der Waals surface area contributed by atoms with E-state index in [2.05, 4.69) is 37.5 Å². The van der Waals surface area contributed by atoms with Gasteiger partial charge in [0.1, 0.15) is 34.1 Å². The molecule has 3 aromatic rings. The van der Waals surface area contributed by atoms with E-state index in [0.29, 0.717) is 36.0 Å². The Bertz CT molecular complexity index is 1440. The minimum Gasteiger partial charge on any atom is -0.480 e. The molecule has 1 aliphatic rings. The van der Waals surface area contributed by atoms with Gasteiger partial charge in [-0.05, 0) is 52.7 Å². The fourth-order valence-corrected chi connectivity index (χ4v) is 3.98. The second-order valence-corrected chi connectivity index (χ2v) is 9.88. The number of hydrogen-bond acceptors (Lipinski definition) is 9. The van der Waals surface area contributed by atoms with Crippen molar-refractivity contribution in [3.05, 3.63) is 36.2 Å². The number of ether oxygens (including phenoxy) is 2. The minimum atomic E-state index is -1.27. The largest absolute Gasteiger partial charge is 0.480 e. The van der Waals surface area contributed by atoms with E-state index < -0.39 is 29.2 Å². The van der Waals surface area contributed by atoms with E-state index in [1.54, 1.807) is 52.1 Å². The third kappa shape index (κ3) is 5.33. The zero-order chi connectivity index (χ0) is 27.7. The van der Waals surface area contributed by atoms with Crippen molar-refractivity contribution in [2.75, 3.05) is 24.4 Å². The molecule has 38 heavy (non-hydrogen) atoms. The van der Waals surface area contributed by atoms with Crippen molar-refractivity contribution >= 4 is 35.0 Å². The van der Waals surface area contributed by atoms with Crippen molar-refractivity contribution in [3.63, 3.8) is 0 Å². The second kappa shape index (κ2) is 10.2. The number of aromatic nitrogens is 4. The van der Waals surface area contributed by atoms with E-state index in [9.17, 15) is 14.7 Å². The maximum absolute atomic E-state index is 13.3. The normalized spacial score (nSPS) is 18.6. The summed E-state index contributed by atoms with van der Waals surface area (Å²) in [5, 5.41) is 21.0. The average molecular weight is 522 g/mol. The van der Waals surface area contributed by atoms with Gasteiger partial charge in [0.2, 0.25) is 5.88 Å². The molecule has 4 rings (SSSR count). The monoisotopic (exact) mass is 521 g/mol. The summed E-state index contributed by atoms with van der Waals surface area (Å²) in [4.78, 5) is 36.2. The van der Waals surface area contributed by atoms with Gasteiger partial charge in [-0.2, -0.15) is 9.61 Å². The SMILES string of the molecule is CC#C[C@@]1(O)CC[C@@H]1NC(=O)c1cnn2c(N(C)C(=O)OC(C)(C)C)cc(Nc3cccnc3OC)nc12. The third-order valence-electron chi connectivity index (χ3n) is 5.97. The lowest BCUT2D eigenvalue weighted by molar-refractivity contribution is -0.0140. The molecule has 3 N–H and O–H groups in total. The number of carbonyl (C=O) groups is 2. The molecule has 0 bridgehead atoms. The maximum Gasteiger partial charge on any atom is 0.415 e. The molecule has 12 nitrogen and oxygen atoms in total. The van der Waals surface area contributed by atoms with Crippen LogP contribution in [-0.4, -0.2) is 68.1 Å². The number of amides is 2. The topological polar surface area (TPSA) is 143 Å². The molecule has 1 saturated carbocycles. The van der Waals surface area contributed by atoms with Crippen LogP contribution in [0.15, 0.2) is 30.6 Å². The van der Waals surface area contributed by atoms with Crippen LogP contribution in [0.5, 0.6) is 5.88 Å². The summed E-state index contributed by atoms with van der Waals surface area (Å²) in [6.07, 6.45) is 3.39. The third-order valence-corrected chi connectivity index (χ3v) is 5.97. The molecule has 3 aromatic heterocycles. The van der Waals surface area contributed by atoms with Crippen molar-refractivity contribution in [2.24, 2.45) is 0 Å². The lowest BCUT2D eigenvalue weighted by atomic mass is 9.75. The van der Waals surface area contributed by atoms with Gasteiger partial charge in [-0.1, -0.05) is 5.92 Å². The Morgan fingerprint density at radius 1 is 1.34 bits per heavy atom. The Balaban J connectivity index is 1.76. The van der Waals surface area contributed by atoms with Crippen LogP contribution < -0.4 is 20.3 Å². The lowest BCUT2D eigenvalue weighted by Gasteiger charge is -2.41. The first-order valence-corrected chi connectivity index (χ1v) is 12.0. The maximum atomic E-state index is 13.3. The number of anilines is 3. The van der Waals surface area contributed by atoms with Crippen molar-refractivity contribution in [3.8, 4) is 17.7 Å². The molecular weight excluding hydrogens is 490 g/mol. The number of rotatable bonds is 6. The van der Waals surface area contributed by atoms with E-state index in [0.717, 1.165) is 0 Å². The summed E-state index contributed by atoms with van der Waals surface area (Å²) in [5.74, 6) is 5.94. The van der Waals surface area contributed by atoms with Crippen molar-refractivity contribution in [1.29, 1.82) is 0 Å². The van der Waals surface area contributed by atoms with E-state index in [1.807, 2.05) is 0 Å². The van der Waals surface area contributed by atoms with Gasteiger partial charge in [-0.15, -0.1) is 5.92 Å². The van der Waals surface area contributed by atoms with Gasteiger partial charge in [0.05, 0.1) is 19.3 Å². The van der Waals surface area contributed by atoms with Crippen LogP contribution in [0, 0.1) is 11.8 Å². The number of fused-ring (bicyclic) bond motifs is 1. The highest BCUT2D eigenvalue weighted by Crippen LogP contribution is 2.33. The summed E-state index contributed by atoms with van der Waals surface area (Å²) in [5.41, 5.74) is -1.13. The van der Waals surface area contributed by atoms with E-state index in [1.165, 1.54) is 29.8 Å². The van der Waals surface area contributed by atoms with Crippen molar-refractivity contribution < 1.29 is 24.2 Å². The second-order valence-electron chi connectivity index (χ2n) is 9.88. The van der Waals surface area contributed by atoms with Gasteiger partial charge in [0, 0.05) is 19.3 Å². The lowest BCUT2D eigenvalue weighted by Crippen LogP contribution is -2.59. The fourth-order valence-electron chi connectivity index (χ4n) is 3.98. The van der Waals surface area contributed by atoms with Crippen molar-refractivity contribution in [2.45, 2.75) is 57.8 Å². The van der Waals surface area contributed by atoms with Gasteiger partial charge in [0.15, 0.2) is 5.65 Å². The molecule has 3 heterocycles. The Kier molecular flexibility index (Phi) is 7.15. The van der Waals surface area contributed by atoms with Gasteiger partial charge in [0.25, 0.3) is 5.91 Å². The summed E-state index contributed by atoms with van der Waals surface area (Å²) in [7, 11) is 3.03. The predicted molar refractivity (Wildman–Crippen MR) is 141 cm³/mol. The van der Waals surface area contributed by atoms with Crippen LogP contribution in [-0.2, 0) is 4.74 Å². The summed E-state index contributed by atoms with van der Waals surface area (Å²) >= 11 is 0. The van der Waals surface area contributed by atoms with E-state index in [4.69, 9.17) is 9.47 Å². The number of aliphatic hydroxyl groups is 1. The molecule has 1 aliphatic carbocycles. The van der Waals surface area contributed by atoms with Gasteiger partial charge in [-0.3, -0.25) is 9.69 Å². The van der Waals surface area contributed by atoms with E-state index >= 15 is 0 Å². The van der Waals surface area contributed by atoms with Crippen molar-refractivity contribution in [1.82, 2.24) is 24.9 Å². The molecule has 0 aromatic carbocycles. The summed E-state index contributed by atoms with van der Waals surface area (Å²) in [6, 6.07) is 4.56. The van der Waals surface area contributed by atoms with Gasteiger partial charge < -0.3 is 25.2 Å². The highest BCUT2D eigenvalue weighted by atomic mass is 16.6. The average Bonchev–Trinajstić information content (AvgIpc) is 3.29. The summed E-state index contributed by atoms with van der Waals surface area (Å²) < 4.78 is 12.2. The quantitative estimate of drug-likeness (QED) is 0.417. The fraction of sp³-hybridized carbons (Fsp3) is 0.423. The zero-order valence-corrected chi connectivity index (χ0v) is 22.2. The predicted octanol–water partition coefficient (Wildman–Crippen LogP) is 2.89. The molecule has 2 amide bonds. The number of nitrogens with one attached hydrogen (secondary N) is 2. The number of carbonyl (C=O) groups excluding carboxylic acids is 2. The van der Waals surface area contributed by atoms with Crippen LogP contribution in [0.25, 0.3) is 5.65 Å². The Hall–Kier alpha value is -4.37. The number of pyridine rings is 1. The number of methoxy groups -OCH3 is 1. The van der Waals surface area contributed by atoms with Crippen LogP contribution in [0.4, 0.5) is 22.1 Å². The van der Waals surface area contributed by atoms with Gasteiger partial charge >= 0.3 is 6.09 Å². The highest BCUT2D eigenvalue weighted by Gasteiger charge is 2.45.